The molecule has 3 rings (SSSR count). The van der Waals surface area contributed by atoms with Gasteiger partial charge in [0.05, 0.1) is 17.3 Å². The van der Waals surface area contributed by atoms with E-state index in [-0.39, 0.29) is 29.7 Å². The number of halogens is 1. The van der Waals surface area contributed by atoms with Gasteiger partial charge in [0, 0.05) is 6.54 Å². The van der Waals surface area contributed by atoms with Crippen molar-refractivity contribution in [1.82, 2.24) is 4.90 Å². The first-order chi connectivity index (χ1) is 10.1. The number of amidine groups is 1. The zero-order valence-electron chi connectivity index (χ0n) is 11.3. The van der Waals surface area contributed by atoms with Crippen LogP contribution in [0.5, 0.6) is 0 Å². The summed E-state index contributed by atoms with van der Waals surface area (Å²) in [5.74, 6) is 0.249. The molecule has 1 aromatic carbocycles. The number of anilines is 1. The molecule has 21 heavy (non-hydrogen) atoms. The summed E-state index contributed by atoms with van der Waals surface area (Å²) in [7, 11) is 0. The second-order valence-electron chi connectivity index (χ2n) is 5.06. The quantitative estimate of drug-likeness (QED) is 0.400. The summed E-state index contributed by atoms with van der Waals surface area (Å²) >= 11 is 5.60. The average Bonchev–Trinajstić information content (AvgIpc) is 3.04. The molecule has 7 heteroatoms. The molecule has 1 aromatic rings. The first kappa shape index (κ1) is 13.9. The maximum Gasteiger partial charge on any atom is 0.332 e. The molecule has 0 saturated carbocycles. The molecule has 2 aliphatic heterocycles. The van der Waals surface area contributed by atoms with E-state index in [0.717, 1.165) is 12.8 Å². The number of carbonyl (C=O) groups excluding carboxylic acids is 2. The standard InChI is InChI=1S/C14H15ClN4O2/c15-8-12(16)17-9-3-1-4-10(7-9)19-13(20)11-5-2-6-18(11)14(19)21/h1,3-4,7,11H,2,5-6,8H2,(H2,16,17). The minimum atomic E-state index is -0.308. The Kier molecular flexibility index (Phi) is 3.55. The Morgan fingerprint density at radius 2 is 2.24 bits per heavy atom. The zero-order chi connectivity index (χ0) is 15.0. The lowest BCUT2D eigenvalue weighted by Gasteiger charge is -2.15. The Bertz CT molecular complexity index is 609. The number of hydrogen-bond donors (Lipinski definition) is 1. The highest BCUT2D eigenvalue weighted by molar-refractivity contribution is 6.28. The minimum Gasteiger partial charge on any atom is -0.386 e. The maximum absolute atomic E-state index is 12.4. The molecule has 2 saturated heterocycles. The summed E-state index contributed by atoms with van der Waals surface area (Å²) < 4.78 is 0. The van der Waals surface area contributed by atoms with Gasteiger partial charge in [0.15, 0.2) is 0 Å². The van der Waals surface area contributed by atoms with Crippen molar-refractivity contribution < 1.29 is 9.59 Å². The first-order valence-electron chi connectivity index (χ1n) is 6.75. The number of rotatable bonds is 3. The molecular formula is C14H15ClN4O2. The number of hydrogen-bond acceptors (Lipinski definition) is 3. The van der Waals surface area contributed by atoms with Crippen molar-refractivity contribution in [2.24, 2.45) is 10.7 Å². The Hall–Kier alpha value is -2.08. The highest BCUT2D eigenvalue weighted by Gasteiger charge is 2.47. The van der Waals surface area contributed by atoms with Crippen LogP contribution in [-0.4, -0.2) is 41.1 Å². The molecule has 1 unspecified atom stereocenters. The van der Waals surface area contributed by atoms with Crippen LogP contribution in [0.15, 0.2) is 29.3 Å². The van der Waals surface area contributed by atoms with E-state index >= 15 is 0 Å². The van der Waals surface area contributed by atoms with E-state index in [2.05, 4.69) is 4.99 Å². The molecule has 2 fully saturated rings. The van der Waals surface area contributed by atoms with E-state index in [9.17, 15) is 9.59 Å². The summed E-state index contributed by atoms with van der Waals surface area (Å²) in [4.78, 5) is 31.7. The van der Waals surface area contributed by atoms with Crippen LogP contribution in [0.4, 0.5) is 16.2 Å². The number of aliphatic imine (C=N–C) groups is 1. The highest BCUT2D eigenvalue weighted by atomic mass is 35.5. The van der Waals surface area contributed by atoms with Gasteiger partial charge in [-0.05, 0) is 31.0 Å². The Morgan fingerprint density at radius 1 is 1.43 bits per heavy atom. The van der Waals surface area contributed by atoms with Crippen molar-refractivity contribution in [3.63, 3.8) is 0 Å². The van der Waals surface area contributed by atoms with Crippen LogP contribution in [0.1, 0.15) is 12.8 Å². The lowest BCUT2D eigenvalue weighted by Crippen LogP contribution is -2.32. The molecule has 2 N–H and O–H groups in total. The van der Waals surface area contributed by atoms with Crippen LogP contribution < -0.4 is 10.6 Å². The first-order valence-corrected chi connectivity index (χ1v) is 7.29. The van der Waals surface area contributed by atoms with E-state index in [1.165, 1.54) is 4.90 Å². The van der Waals surface area contributed by atoms with Gasteiger partial charge in [-0.3, -0.25) is 4.79 Å². The predicted molar refractivity (Wildman–Crippen MR) is 81.1 cm³/mol. The lowest BCUT2D eigenvalue weighted by atomic mass is 10.2. The Labute approximate surface area is 127 Å². The lowest BCUT2D eigenvalue weighted by molar-refractivity contribution is -0.119. The normalized spacial score (nSPS) is 22.1. The van der Waals surface area contributed by atoms with Crippen LogP contribution in [-0.2, 0) is 4.79 Å². The van der Waals surface area contributed by atoms with Crippen LogP contribution in [0.25, 0.3) is 0 Å². The number of carbonyl (C=O) groups is 2. The minimum absolute atomic E-state index is 0.127. The Morgan fingerprint density at radius 3 is 2.95 bits per heavy atom. The number of imide groups is 1. The van der Waals surface area contributed by atoms with Gasteiger partial charge in [-0.15, -0.1) is 11.6 Å². The molecule has 0 spiro atoms. The van der Waals surface area contributed by atoms with Crippen molar-refractivity contribution in [2.75, 3.05) is 17.3 Å². The van der Waals surface area contributed by atoms with E-state index in [4.69, 9.17) is 17.3 Å². The molecule has 1 atom stereocenters. The van der Waals surface area contributed by atoms with Gasteiger partial charge in [-0.1, -0.05) is 6.07 Å². The number of alkyl halides is 1. The van der Waals surface area contributed by atoms with Gasteiger partial charge >= 0.3 is 6.03 Å². The van der Waals surface area contributed by atoms with Gasteiger partial charge in [-0.2, -0.15) is 0 Å². The van der Waals surface area contributed by atoms with E-state index in [0.29, 0.717) is 17.9 Å². The fourth-order valence-electron chi connectivity index (χ4n) is 2.76. The smallest absolute Gasteiger partial charge is 0.332 e. The predicted octanol–water partition coefficient (Wildman–Crippen LogP) is 1.85. The van der Waals surface area contributed by atoms with Crippen molar-refractivity contribution in [2.45, 2.75) is 18.9 Å². The number of urea groups is 1. The molecule has 2 heterocycles. The molecule has 0 radical (unpaired) electrons. The van der Waals surface area contributed by atoms with Gasteiger partial charge in [0.2, 0.25) is 0 Å². The van der Waals surface area contributed by atoms with E-state index in [1.54, 1.807) is 29.2 Å². The summed E-state index contributed by atoms with van der Waals surface area (Å²) in [5, 5.41) is 0. The number of nitrogens with two attached hydrogens (primary N) is 1. The maximum atomic E-state index is 12.4. The van der Waals surface area contributed by atoms with Gasteiger partial charge in [0.1, 0.15) is 11.9 Å². The summed E-state index contributed by atoms with van der Waals surface area (Å²) in [6, 6.07) is 6.30. The topological polar surface area (TPSA) is 79.0 Å². The number of fused-ring (bicyclic) bond motifs is 1. The number of amides is 3. The summed E-state index contributed by atoms with van der Waals surface area (Å²) in [6.07, 6.45) is 1.62. The summed E-state index contributed by atoms with van der Waals surface area (Å²) in [5.41, 5.74) is 6.68. The van der Waals surface area contributed by atoms with Crippen LogP contribution in [0.3, 0.4) is 0 Å². The summed E-state index contributed by atoms with van der Waals surface area (Å²) in [6.45, 7) is 0.642. The third-order valence-corrected chi connectivity index (χ3v) is 3.97. The van der Waals surface area contributed by atoms with E-state index < -0.39 is 0 Å². The van der Waals surface area contributed by atoms with Crippen LogP contribution in [0, 0.1) is 0 Å². The van der Waals surface area contributed by atoms with E-state index in [1.807, 2.05) is 0 Å². The average molecular weight is 307 g/mol. The molecular weight excluding hydrogens is 292 g/mol. The van der Waals surface area contributed by atoms with Gasteiger partial charge < -0.3 is 10.6 Å². The fraction of sp³-hybridized carbons (Fsp3) is 0.357. The molecule has 3 amide bonds. The van der Waals surface area contributed by atoms with Crippen LogP contribution >= 0.6 is 11.6 Å². The largest absolute Gasteiger partial charge is 0.386 e. The molecule has 2 aliphatic rings. The fourth-order valence-corrected chi connectivity index (χ4v) is 2.82. The number of nitrogens with zero attached hydrogens (tertiary/aromatic N) is 3. The zero-order valence-corrected chi connectivity index (χ0v) is 12.1. The van der Waals surface area contributed by atoms with Gasteiger partial charge in [-0.25, -0.2) is 14.7 Å². The monoisotopic (exact) mass is 306 g/mol. The second-order valence-corrected chi connectivity index (χ2v) is 5.33. The van der Waals surface area contributed by atoms with Crippen molar-refractivity contribution >= 4 is 40.7 Å². The highest BCUT2D eigenvalue weighted by Crippen LogP contribution is 2.32. The molecule has 6 nitrogen and oxygen atoms in total. The SMILES string of the molecule is NC(CCl)=Nc1cccc(N2C(=O)C3CCCN3C2=O)c1. The van der Waals surface area contributed by atoms with Crippen molar-refractivity contribution in [3.8, 4) is 0 Å². The van der Waals surface area contributed by atoms with Gasteiger partial charge in [0.25, 0.3) is 5.91 Å². The van der Waals surface area contributed by atoms with Crippen molar-refractivity contribution in [3.05, 3.63) is 24.3 Å². The molecule has 0 bridgehead atoms. The second kappa shape index (κ2) is 5.37. The third-order valence-electron chi connectivity index (χ3n) is 3.69. The molecule has 0 aliphatic carbocycles. The Balaban J connectivity index is 1.92. The van der Waals surface area contributed by atoms with Crippen LogP contribution in [0.2, 0.25) is 0 Å². The molecule has 110 valence electrons. The number of benzene rings is 1. The molecule has 0 aromatic heterocycles. The third kappa shape index (κ3) is 2.35. The van der Waals surface area contributed by atoms with Crippen molar-refractivity contribution in [1.29, 1.82) is 0 Å².